The molecule has 0 bridgehead atoms. The number of fused-ring (bicyclic) bond motifs is 1. The van der Waals surface area contributed by atoms with Crippen molar-refractivity contribution in [1.82, 2.24) is 4.57 Å². The molecule has 6 nitrogen and oxygen atoms in total. The third-order valence-electron chi connectivity index (χ3n) is 4.66. The van der Waals surface area contributed by atoms with Gasteiger partial charge in [-0.25, -0.2) is 0 Å². The molecule has 0 spiro atoms. The topological polar surface area (TPSA) is 77.2 Å². The zero-order valence-electron chi connectivity index (χ0n) is 16.1. The van der Waals surface area contributed by atoms with E-state index in [1.807, 2.05) is 30.8 Å². The summed E-state index contributed by atoms with van der Waals surface area (Å²) in [6.45, 7) is 6.50. The van der Waals surface area contributed by atoms with Gasteiger partial charge in [-0.05, 0) is 49.2 Å². The number of anilines is 1. The van der Waals surface area contributed by atoms with Crippen LogP contribution in [0.15, 0.2) is 53.6 Å². The van der Waals surface area contributed by atoms with Gasteiger partial charge in [0, 0.05) is 45.1 Å². The summed E-state index contributed by atoms with van der Waals surface area (Å²) >= 11 is 1.83. The Labute approximate surface area is 168 Å². The zero-order chi connectivity index (χ0) is 20.3. The van der Waals surface area contributed by atoms with Crippen LogP contribution in [-0.4, -0.2) is 20.6 Å². The van der Waals surface area contributed by atoms with Crippen LogP contribution in [0.5, 0.6) is 0 Å². The lowest BCUT2D eigenvalue weighted by Gasteiger charge is -2.13. The van der Waals surface area contributed by atoms with Crippen LogP contribution in [0.1, 0.15) is 25.8 Å². The van der Waals surface area contributed by atoms with Crippen LogP contribution in [0.2, 0.25) is 0 Å². The molecule has 2 aromatic carbocycles. The third-order valence-corrected chi connectivity index (χ3v) is 5.93. The van der Waals surface area contributed by atoms with Crippen molar-refractivity contribution in [3.8, 4) is 0 Å². The van der Waals surface area contributed by atoms with Crippen molar-refractivity contribution in [3.05, 3.63) is 64.3 Å². The van der Waals surface area contributed by atoms with E-state index >= 15 is 0 Å². The summed E-state index contributed by atoms with van der Waals surface area (Å²) in [6.07, 6.45) is 2.88. The number of aryl methyl sites for hydroxylation is 1. The van der Waals surface area contributed by atoms with Gasteiger partial charge in [0.2, 0.25) is 5.91 Å². The average Bonchev–Trinajstić information content (AvgIpc) is 3.05. The van der Waals surface area contributed by atoms with E-state index in [0.717, 1.165) is 28.6 Å². The van der Waals surface area contributed by atoms with Gasteiger partial charge < -0.3 is 9.88 Å². The molecule has 0 fully saturated rings. The SMILES string of the molecule is CCC(C)Sc1ccc(NC(=O)Cn2ccc3cc([N+](=O)[O-])ccc32)c(C)c1. The number of amides is 1. The second-order valence-electron chi connectivity index (χ2n) is 6.81. The van der Waals surface area contributed by atoms with Crippen LogP contribution >= 0.6 is 11.8 Å². The summed E-state index contributed by atoms with van der Waals surface area (Å²) in [7, 11) is 0. The van der Waals surface area contributed by atoms with Gasteiger partial charge in [0.05, 0.1) is 4.92 Å². The van der Waals surface area contributed by atoms with Crippen molar-refractivity contribution in [3.63, 3.8) is 0 Å². The van der Waals surface area contributed by atoms with Crippen molar-refractivity contribution < 1.29 is 9.72 Å². The highest BCUT2D eigenvalue weighted by Gasteiger charge is 2.12. The van der Waals surface area contributed by atoms with Crippen LogP contribution in [0.25, 0.3) is 10.9 Å². The molecule has 0 aliphatic carbocycles. The minimum Gasteiger partial charge on any atom is -0.338 e. The summed E-state index contributed by atoms with van der Waals surface area (Å²) in [6, 6.07) is 12.5. The number of nitrogens with one attached hydrogen (secondary N) is 1. The van der Waals surface area contributed by atoms with E-state index in [4.69, 9.17) is 0 Å². The predicted molar refractivity (Wildman–Crippen MR) is 114 cm³/mol. The first-order chi connectivity index (χ1) is 13.4. The molecule has 0 aliphatic rings. The van der Waals surface area contributed by atoms with Gasteiger partial charge in [-0.15, -0.1) is 11.8 Å². The summed E-state index contributed by atoms with van der Waals surface area (Å²) in [5.74, 6) is -0.138. The minimum absolute atomic E-state index is 0.0423. The normalized spacial score (nSPS) is 12.1. The molecule has 1 aromatic heterocycles. The molecule has 146 valence electrons. The standard InChI is InChI=1S/C21H23N3O3S/c1-4-15(3)28-18-6-7-19(14(2)11-18)22-21(25)13-23-10-9-16-12-17(24(26)27)5-8-20(16)23/h5-12,15H,4,13H2,1-3H3,(H,22,25). The highest BCUT2D eigenvalue weighted by Crippen LogP contribution is 2.28. The number of carbonyl (C=O) groups excluding carboxylic acids is 1. The number of hydrogen-bond acceptors (Lipinski definition) is 4. The van der Waals surface area contributed by atoms with Crippen molar-refractivity contribution in [2.24, 2.45) is 0 Å². The Morgan fingerprint density at radius 1 is 1.25 bits per heavy atom. The molecule has 1 heterocycles. The molecule has 0 aliphatic heterocycles. The Morgan fingerprint density at radius 3 is 2.71 bits per heavy atom. The van der Waals surface area contributed by atoms with E-state index in [0.29, 0.717) is 5.25 Å². The van der Waals surface area contributed by atoms with E-state index in [1.54, 1.807) is 22.9 Å². The Kier molecular flexibility index (Phi) is 6.04. The molecular formula is C21H23N3O3S. The summed E-state index contributed by atoms with van der Waals surface area (Å²) < 4.78 is 1.79. The van der Waals surface area contributed by atoms with Crippen molar-refractivity contribution in [2.75, 3.05) is 5.32 Å². The molecule has 3 aromatic rings. The number of thioether (sulfide) groups is 1. The molecule has 0 saturated carbocycles. The summed E-state index contributed by atoms with van der Waals surface area (Å²) in [4.78, 5) is 24.2. The molecule has 0 radical (unpaired) electrons. The number of non-ortho nitro benzene ring substituents is 1. The molecule has 0 saturated heterocycles. The van der Waals surface area contributed by atoms with E-state index < -0.39 is 4.92 Å². The maximum Gasteiger partial charge on any atom is 0.270 e. The fraction of sp³-hybridized carbons (Fsp3) is 0.286. The molecule has 1 amide bonds. The number of nitro groups is 1. The van der Waals surface area contributed by atoms with Crippen LogP contribution < -0.4 is 5.32 Å². The maximum absolute atomic E-state index is 12.5. The van der Waals surface area contributed by atoms with E-state index in [-0.39, 0.29) is 18.1 Å². The second kappa shape index (κ2) is 8.48. The zero-order valence-corrected chi connectivity index (χ0v) is 17.0. The van der Waals surface area contributed by atoms with Crippen LogP contribution in [0.3, 0.4) is 0 Å². The highest BCUT2D eigenvalue weighted by molar-refractivity contribution is 7.99. The summed E-state index contributed by atoms with van der Waals surface area (Å²) in [5, 5.41) is 15.2. The third kappa shape index (κ3) is 4.54. The van der Waals surface area contributed by atoms with Gasteiger partial charge in [-0.1, -0.05) is 13.8 Å². The molecular weight excluding hydrogens is 374 g/mol. The van der Waals surface area contributed by atoms with Crippen molar-refractivity contribution >= 4 is 39.9 Å². The average molecular weight is 398 g/mol. The number of carbonyl (C=O) groups is 1. The van der Waals surface area contributed by atoms with Gasteiger partial charge in [0.1, 0.15) is 6.54 Å². The lowest BCUT2D eigenvalue weighted by atomic mass is 10.2. The lowest BCUT2D eigenvalue weighted by molar-refractivity contribution is -0.384. The van der Waals surface area contributed by atoms with E-state index in [2.05, 4.69) is 25.2 Å². The number of aromatic nitrogens is 1. The smallest absolute Gasteiger partial charge is 0.270 e. The lowest BCUT2D eigenvalue weighted by Crippen LogP contribution is -2.18. The number of benzene rings is 2. The van der Waals surface area contributed by atoms with Crippen molar-refractivity contribution in [1.29, 1.82) is 0 Å². The first-order valence-corrected chi connectivity index (χ1v) is 10.1. The Balaban J connectivity index is 1.70. The Hall–Kier alpha value is -2.80. The first-order valence-electron chi connectivity index (χ1n) is 9.18. The quantitative estimate of drug-likeness (QED) is 0.329. The van der Waals surface area contributed by atoms with Gasteiger partial charge in [0.15, 0.2) is 0 Å². The maximum atomic E-state index is 12.5. The number of hydrogen-bond donors (Lipinski definition) is 1. The van der Waals surface area contributed by atoms with Gasteiger partial charge in [0.25, 0.3) is 5.69 Å². The Morgan fingerprint density at radius 2 is 2.04 bits per heavy atom. The largest absolute Gasteiger partial charge is 0.338 e. The number of nitro benzene ring substituents is 1. The van der Waals surface area contributed by atoms with E-state index in [1.165, 1.54) is 17.0 Å². The molecule has 1 atom stereocenters. The van der Waals surface area contributed by atoms with Crippen LogP contribution in [-0.2, 0) is 11.3 Å². The minimum atomic E-state index is -0.421. The molecule has 1 N–H and O–H groups in total. The fourth-order valence-electron chi connectivity index (χ4n) is 2.95. The predicted octanol–water partition coefficient (Wildman–Crippen LogP) is 5.39. The summed E-state index contributed by atoms with van der Waals surface area (Å²) in [5.41, 5.74) is 2.65. The molecule has 1 unspecified atom stereocenters. The van der Waals surface area contributed by atoms with Crippen LogP contribution in [0, 0.1) is 17.0 Å². The van der Waals surface area contributed by atoms with Gasteiger partial charge >= 0.3 is 0 Å². The van der Waals surface area contributed by atoms with Gasteiger partial charge in [-0.2, -0.15) is 0 Å². The van der Waals surface area contributed by atoms with Crippen LogP contribution in [0.4, 0.5) is 11.4 Å². The highest BCUT2D eigenvalue weighted by atomic mass is 32.2. The monoisotopic (exact) mass is 397 g/mol. The fourth-order valence-corrected chi connectivity index (χ4v) is 3.97. The molecule has 7 heteroatoms. The van der Waals surface area contributed by atoms with Crippen molar-refractivity contribution in [2.45, 2.75) is 43.9 Å². The number of nitrogens with zero attached hydrogens (tertiary/aromatic N) is 2. The number of rotatable bonds is 7. The second-order valence-corrected chi connectivity index (χ2v) is 8.32. The van der Waals surface area contributed by atoms with E-state index in [9.17, 15) is 14.9 Å². The molecule has 28 heavy (non-hydrogen) atoms. The van der Waals surface area contributed by atoms with Gasteiger partial charge in [-0.3, -0.25) is 14.9 Å². The Bertz CT molecular complexity index is 1030. The molecule has 3 rings (SSSR count). The first kappa shape index (κ1) is 19.9.